The van der Waals surface area contributed by atoms with Gasteiger partial charge in [-0.1, -0.05) is 23.7 Å². The minimum absolute atomic E-state index is 0.00275. The van der Waals surface area contributed by atoms with Crippen LogP contribution in [0.3, 0.4) is 0 Å². The van der Waals surface area contributed by atoms with E-state index >= 15 is 0 Å². The smallest absolute Gasteiger partial charge is 0.253 e. The summed E-state index contributed by atoms with van der Waals surface area (Å²) in [4.78, 5) is 15.9. The van der Waals surface area contributed by atoms with E-state index in [0.717, 1.165) is 0 Å². The number of aromatic nitrogens is 2. The number of halogens is 1. The molecule has 1 N–H and O–H groups in total. The summed E-state index contributed by atoms with van der Waals surface area (Å²) in [6.45, 7) is 2.62. The Kier molecular flexibility index (Phi) is 3.99. The normalized spacial score (nSPS) is 12.1. The van der Waals surface area contributed by atoms with Gasteiger partial charge in [0.2, 0.25) is 0 Å². The molecule has 0 bridgehead atoms. The summed E-state index contributed by atoms with van der Waals surface area (Å²) in [5.41, 5.74) is 0.497. The Hall–Kier alpha value is -1.81. The first kappa shape index (κ1) is 12.6. The molecule has 0 saturated carbocycles. The number of nitrogens with one attached hydrogen (secondary N) is 1. The molecular formula is C13H14ClN3O. The highest BCUT2D eigenvalue weighted by Gasteiger charge is 2.12. The molecule has 0 aliphatic rings. The number of benzene rings is 1. The zero-order chi connectivity index (χ0) is 13.0. The van der Waals surface area contributed by atoms with Crippen LogP contribution in [0.2, 0.25) is 5.02 Å². The largest absolute Gasteiger partial charge is 0.348 e. The van der Waals surface area contributed by atoms with Gasteiger partial charge in [0.15, 0.2) is 0 Å². The number of amides is 1. The predicted octanol–water partition coefficient (Wildman–Crippen LogP) is 2.36. The highest BCUT2D eigenvalue weighted by atomic mass is 35.5. The second kappa shape index (κ2) is 5.69. The third kappa shape index (κ3) is 3.11. The lowest BCUT2D eigenvalue weighted by atomic mass is 10.2. The number of carbonyl (C=O) groups is 1. The van der Waals surface area contributed by atoms with Crippen LogP contribution in [-0.2, 0) is 6.54 Å². The molecule has 1 amide bonds. The van der Waals surface area contributed by atoms with Gasteiger partial charge >= 0.3 is 0 Å². The van der Waals surface area contributed by atoms with Crippen molar-refractivity contribution >= 4 is 17.5 Å². The van der Waals surface area contributed by atoms with Crippen molar-refractivity contribution in [3.63, 3.8) is 0 Å². The Morgan fingerprint density at radius 3 is 2.94 bits per heavy atom. The lowest BCUT2D eigenvalue weighted by molar-refractivity contribution is 0.0937. The maximum atomic E-state index is 12.0. The first-order valence-electron chi connectivity index (χ1n) is 5.68. The lowest BCUT2D eigenvalue weighted by Gasteiger charge is -2.14. The van der Waals surface area contributed by atoms with Crippen LogP contribution >= 0.6 is 11.6 Å². The minimum Gasteiger partial charge on any atom is -0.348 e. The zero-order valence-electron chi connectivity index (χ0n) is 10.0. The second-order valence-corrected chi connectivity index (χ2v) is 4.52. The Morgan fingerprint density at radius 2 is 2.28 bits per heavy atom. The van der Waals surface area contributed by atoms with E-state index in [1.165, 1.54) is 0 Å². The monoisotopic (exact) mass is 263 g/mol. The van der Waals surface area contributed by atoms with Crippen LogP contribution in [0.5, 0.6) is 0 Å². The van der Waals surface area contributed by atoms with Crippen LogP contribution in [0, 0.1) is 0 Å². The summed E-state index contributed by atoms with van der Waals surface area (Å²) < 4.78 is 1.91. The molecular weight excluding hydrogens is 250 g/mol. The van der Waals surface area contributed by atoms with Gasteiger partial charge in [0.25, 0.3) is 5.91 Å². The van der Waals surface area contributed by atoms with E-state index in [4.69, 9.17) is 11.6 Å². The van der Waals surface area contributed by atoms with E-state index in [0.29, 0.717) is 17.1 Å². The van der Waals surface area contributed by atoms with Gasteiger partial charge in [0, 0.05) is 25.0 Å². The predicted molar refractivity (Wildman–Crippen MR) is 70.6 cm³/mol. The zero-order valence-corrected chi connectivity index (χ0v) is 10.8. The molecule has 1 unspecified atom stereocenters. The molecule has 0 fully saturated rings. The summed E-state index contributed by atoms with van der Waals surface area (Å²) in [7, 11) is 0. The Labute approximate surface area is 111 Å². The average Bonchev–Trinajstić information content (AvgIpc) is 2.82. The fourth-order valence-corrected chi connectivity index (χ4v) is 1.93. The third-order valence-electron chi connectivity index (χ3n) is 2.54. The fraction of sp³-hybridized carbons (Fsp3) is 0.231. The average molecular weight is 264 g/mol. The van der Waals surface area contributed by atoms with E-state index in [1.54, 1.807) is 36.8 Å². The van der Waals surface area contributed by atoms with Gasteiger partial charge in [-0.3, -0.25) is 4.79 Å². The van der Waals surface area contributed by atoms with Gasteiger partial charge in [-0.25, -0.2) is 4.98 Å². The second-order valence-electron chi connectivity index (χ2n) is 4.11. The molecule has 94 valence electrons. The van der Waals surface area contributed by atoms with Gasteiger partial charge in [0.05, 0.1) is 16.9 Å². The molecule has 5 heteroatoms. The molecule has 18 heavy (non-hydrogen) atoms. The fourth-order valence-electron chi connectivity index (χ4n) is 1.70. The lowest BCUT2D eigenvalue weighted by Crippen LogP contribution is -2.35. The Bertz CT molecular complexity index is 525. The molecule has 0 radical (unpaired) electrons. The van der Waals surface area contributed by atoms with Gasteiger partial charge in [0.1, 0.15) is 0 Å². The van der Waals surface area contributed by atoms with Crippen LogP contribution in [0.15, 0.2) is 43.0 Å². The third-order valence-corrected chi connectivity index (χ3v) is 2.87. The van der Waals surface area contributed by atoms with E-state index in [9.17, 15) is 4.79 Å². The number of carbonyl (C=O) groups excluding carboxylic acids is 1. The molecule has 4 nitrogen and oxygen atoms in total. The van der Waals surface area contributed by atoms with Crippen molar-refractivity contribution in [2.75, 3.05) is 0 Å². The van der Waals surface area contributed by atoms with Crippen molar-refractivity contribution in [2.45, 2.75) is 19.5 Å². The van der Waals surface area contributed by atoms with Crippen LogP contribution in [0.4, 0.5) is 0 Å². The van der Waals surface area contributed by atoms with E-state index < -0.39 is 0 Å². The summed E-state index contributed by atoms with van der Waals surface area (Å²) in [6.07, 6.45) is 5.29. The molecule has 1 aromatic carbocycles. The van der Waals surface area contributed by atoms with Crippen molar-refractivity contribution < 1.29 is 4.79 Å². The van der Waals surface area contributed by atoms with Crippen molar-refractivity contribution in [3.05, 3.63) is 53.6 Å². The number of nitrogens with zero attached hydrogens (tertiary/aromatic N) is 2. The number of hydrogen-bond donors (Lipinski definition) is 1. The first-order valence-corrected chi connectivity index (χ1v) is 6.06. The van der Waals surface area contributed by atoms with Crippen molar-refractivity contribution in [1.29, 1.82) is 0 Å². The van der Waals surface area contributed by atoms with Crippen molar-refractivity contribution in [1.82, 2.24) is 14.9 Å². The van der Waals surface area contributed by atoms with Crippen molar-refractivity contribution in [2.24, 2.45) is 0 Å². The maximum absolute atomic E-state index is 12.0. The Balaban J connectivity index is 1.97. The molecule has 2 aromatic rings. The number of imidazole rings is 1. The number of hydrogen-bond acceptors (Lipinski definition) is 2. The molecule has 1 aromatic heterocycles. The summed E-state index contributed by atoms with van der Waals surface area (Å²) in [5, 5.41) is 3.37. The summed E-state index contributed by atoms with van der Waals surface area (Å²) >= 11 is 5.97. The van der Waals surface area contributed by atoms with Gasteiger partial charge in [-0.05, 0) is 19.1 Å². The quantitative estimate of drug-likeness (QED) is 0.921. The minimum atomic E-state index is -0.159. The summed E-state index contributed by atoms with van der Waals surface area (Å²) in [6, 6.07) is 7.01. The maximum Gasteiger partial charge on any atom is 0.253 e. The molecule has 1 heterocycles. The SMILES string of the molecule is CC(Cn1ccnc1)NC(=O)c1ccccc1Cl. The molecule has 1 atom stereocenters. The molecule has 0 aliphatic carbocycles. The van der Waals surface area contributed by atoms with E-state index in [1.807, 2.05) is 17.7 Å². The van der Waals surface area contributed by atoms with Crippen LogP contribution in [0.1, 0.15) is 17.3 Å². The van der Waals surface area contributed by atoms with Gasteiger partial charge < -0.3 is 9.88 Å². The highest BCUT2D eigenvalue weighted by molar-refractivity contribution is 6.33. The topological polar surface area (TPSA) is 46.9 Å². The molecule has 0 aliphatic heterocycles. The van der Waals surface area contributed by atoms with Crippen LogP contribution in [0.25, 0.3) is 0 Å². The first-order chi connectivity index (χ1) is 8.66. The number of rotatable bonds is 4. The molecule has 0 saturated heterocycles. The Morgan fingerprint density at radius 1 is 1.50 bits per heavy atom. The van der Waals surface area contributed by atoms with Gasteiger partial charge in [-0.2, -0.15) is 0 Å². The highest BCUT2D eigenvalue weighted by Crippen LogP contribution is 2.14. The van der Waals surface area contributed by atoms with Crippen LogP contribution in [-0.4, -0.2) is 21.5 Å². The van der Waals surface area contributed by atoms with E-state index in [-0.39, 0.29) is 11.9 Å². The van der Waals surface area contributed by atoms with Crippen molar-refractivity contribution in [3.8, 4) is 0 Å². The van der Waals surface area contributed by atoms with E-state index in [2.05, 4.69) is 10.3 Å². The molecule has 0 spiro atoms. The molecule has 2 rings (SSSR count). The summed E-state index contributed by atoms with van der Waals surface area (Å²) in [5.74, 6) is -0.159. The standard InChI is InChI=1S/C13H14ClN3O/c1-10(8-17-7-6-15-9-17)16-13(18)11-4-2-3-5-12(11)14/h2-7,9-10H,8H2,1H3,(H,16,18). The van der Waals surface area contributed by atoms with Gasteiger partial charge in [-0.15, -0.1) is 0 Å². The van der Waals surface area contributed by atoms with Crippen LogP contribution < -0.4 is 5.32 Å².